The van der Waals surface area contributed by atoms with Crippen molar-refractivity contribution in [1.29, 1.82) is 0 Å². The lowest BCUT2D eigenvalue weighted by Crippen LogP contribution is -2.29. The molecule has 0 bridgehead atoms. The van der Waals surface area contributed by atoms with Gasteiger partial charge in [-0.3, -0.25) is 4.84 Å². The Balaban J connectivity index is 2.36. The van der Waals surface area contributed by atoms with Gasteiger partial charge in [0.25, 0.3) is 10.0 Å². The van der Waals surface area contributed by atoms with Crippen LogP contribution in [-0.2, 0) is 19.6 Å². The molecule has 0 fully saturated rings. The first-order valence-electron chi connectivity index (χ1n) is 15.0. The fourth-order valence-electron chi connectivity index (χ4n) is 4.13. The summed E-state index contributed by atoms with van der Waals surface area (Å²) in [6.07, 6.45) is 10.8. The number of hydrogen-bond donors (Lipinski definition) is 1. The summed E-state index contributed by atoms with van der Waals surface area (Å²) in [6, 6.07) is 11.9. The van der Waals surface area contributed by atoms with E-state index in [1.54, 1.807) is 39.0 Å². The van der Waals surface area contributed by atoms with Crippen LogP contribution in [0.1, 0.15) is 109 Å². The average Bonchev–Trinajstić information content (AvgIpc) is 2.92. The molecule has 0 aromatic heterocycles. The molecule has 9 heteroatoms. The Kier molecular flexibility index (Phi) is 14.6. The molecule has 2 rings (SSSR count). The molecule has 2 aromatic rings. The number of carbonyl (C=O) groups excluding carboxylic acids is 1. The average molecular weight is 591 g/mol. The van der Waals surface area contributed by atoms with Crippen LogP contribution in [0.15, 0.2) is 47.4 Å². The normalized spacial score (nSPS) is 12.0. The maximum Gasteiger partial charge on any atom is 0.338 e. The zero-order chi connectivity index (χ0) is 30.3. The van der Waals surface area contributed by atoms with Crippen molar-refractivity contribution < 1.29 is 27.5 Å². The molecule has 8 nitrogen and oxygen atoms in total. The summed E-state index contributed by atoms with van der Waals surface area (Å²) >= 11 is 0. The largest absolute Gasteiger partial charge is 0.456 e. The van der Waals surface area contributed by atoms with Crippen molar-refractivity contribution in [2.45, 2.75) is 109 Å². The summed E-state index contributed by atoms with van der Waals surface area (Å²) in [5.41, 5.74) is -0.254. The van der Waals surface area contributed by atoms with E-state index in [1.165, 1.54) is 45.2 Å². The quantitative estimate of drug-likeness (QED) is 0.0998. The third-order valence-electron chi connectivity index (χ3n) is 6.39. The predicted molar refractivity (Wildman–Crippen MR) is 165 cm³/mol. The summed E-state index contributed by atoms with van der Waals surface area (Å²) in [4.78, 5) is 18.6. The Labute approximate surface area is 247 Å². The Hall–Kier alpha value is -2.62. The van der Waals surface area contributed by atoms with Gasteiger partial charge < -0.3 is 14.8 Å². The van der Waals surface area contributed by atoms with Crippen LogP contribution >= 0.6 is 0 Å². The summed E-state index contributed by atoms with van der Waals surface area (Å²) in [6.45, 7) is 10.4. The van der Waals surface area contributed by atoms with Crippen LogP contribution in [0, 0.1) is 0 Å². The lowest BCUT2D eigenvalue weighted by Gasteiger charge is -2.23. The van der Waals surface area contributed by atoms with Gasteiger partial charge in [0.2, 0.25) is 0 Å². The van der Waals surface area contributed by atoms with Crippen molar-refractivity contribution in [2.75, 3.05) is 25.5 Å². The molecular weight excluding hydrogens is 540 g/mol. The molecule has 41 heavy (non-hydrogen) atoms. The molecule has 0 spiro atoms. The van der Waals surface area contributed by atoms with Gasteiger partial charge in [-0.25, -0.2) is 13.2 Å². The highest BCUT2D eigenvalue weighted by atomic mass is 32.2. The molecule has 0 aliphatic carbocycles. The topological polar surface area (TPSA) is 94.2 Å². The molecule has 0 unspecified atom stereocenters. The van der Waals surface area contributed by atoms with Crippen molar-refractivity contribution in [1.82, 2.24) is 4.47 Å². The van der Waals surface area contributed by atoms with E-state index in [0.29, 0.717) is 18.0 Å². The second kappa shape index (κ2) is 17.4. The van der Waals surface area contributed by atoms with E-state index in [0.717, 1.165) is 36.6 Å². The van der Waals surface area contributed by atoms with Gasteiger partial charge >= 0.3 is 5.97 Å². The smallest absolute Gasteiger partial charge is 0.338 e. The highest BCUT2D eigenvalue weighted by Gasteiger charge is 2.31. The van der Waals surface area contributed by atoms with Gasteiger partial charge in [0, 0.05) is 13.6 Å². The number of hydrogen-bond acceptors (Lipinski definition) is 7. The van der Waals surface area contributed by atoms with E-state index in [9.17, 15) is 13.2 Å². The van der Waals surface area contributed by atoms with Gasteiger partial charge in [-0.15, -0.1) is 0 Å². The van der Waals surface area contributed by atoms with Crippen LogP contribution in [0.25, 0.3) is 0 Å². The van der Waals surface area contributed by atoms with Crippen LogP contribution in [0.3, 0.4) is 0 Å². The molecule has 2 aromatic carbocycles. The summed E-state index contributed by atoms with van der Waals surface area (Å²) in [5, 5.41) is 3.27. The van der Waals surface area contributed by atoms with Gasteiger partial charge in [0.05, 0.1) is 17.9 Å². The van der Waals surface area contributed by atoms with Crippen molar-refractivity contribution in [3.63, 3.8) is 0 Å². The number of nitrogens with zero attached hydrogens (tertiary/aromatic N) is 1. The van der Waals surface area contributed by atoms with Gasteiger partial charge in [-0.1, -0.05) is 87.9 Å². The van der Waals surface area contributed by atoms with Crippen LogP contribution in [0.5, 0.6) is 11.5 Å². The molecule has 0 amide bonds. The number of nitrogens with one attached hydrogen (secondary N) is 1. The Morgan fingerprint density at radius 1 is 0.878 bits per heavy atom. The number of ether oxygens (including phenoxy) is 2. The predicted octanol–water partition coefficient (Wildman–Crippen LogP) is 8.34. The number of unbranched alkanes of at least 4 members (excludes halogenated alkanes) is 8. The standard InChI is InChI=1S/C32H50N2O6S/c1-7-9-11-12-13-14-15-19-23-38-34(6)41(36,37)29-25-26(31(35)40-32(3,4)5)24-28(33-22-10-8-2)30(29)39-27-20-17-16-18-21-27/h16-18,20-21,24-25,33H,7-15,19,22-23H2,1-6H3. The van der Waals surface area contributed by atoms with Crippen LogP contribution in [0.4, 0.5) is 5.69 Å². The Bertz CT molecular complexity index is 1160. The molecule has 0 radical (unpaired) electrons. The lowest BCUT2D eigenvalue weighted by molar-refractivity contribution is -0.0663. The zero-order valence-electron chi connectivity index (χ0n) is 25.8. The van der Waals surface area contributed by atoms with Crippen LogP contribution in [-0.4, -0.2) is 44.7 Å². The first kappa shape index (κ1) is 34.6. The number of esters is 1. The van der Waals surface area contributed by atoms with Crippen LogP contribution < -0.4 is 10.1 Å². The molecule has 0 heterocycles. The first-order valence-corrected chi connectivity index (χ1v) is 16.4. The molecular formula is C32H50N2O6S. The Morgan fingerprint density at radius 2 is 1.49 bits per heavy atom. The van der Waals surface area contributed by atoms with Gasteiger partial charge in [-0.2, -0.15) is 0 Å². The van der Waals surface area contributed by atoms with Gasteiger partial charge in [0.1, 0.15) is 16.2 Å². The van der Waals surface area contributed by atoms with E-state index in [4.69, 9.17) is 14.3 Å². The molecule has 230 valence electrons. The van der Waals surface area contributed by atoms with Gasteiger partial charge in [0.15, 0.2) is 5.75 Å². The minimum atomic E-state index is -4.21. The fraction of sp³-hybridized carbons (Fsp3) is 0.594. The Morgan fingerprint density at radius 3 is 2.10 bits per heavy atom. The van der Waals surface area contributed by atoms with E-state index >= 15 is 0 Å². The lowest BCUT2D eigenvalue weighted by atomic mass is 10.1. The fourth-order valence-corrected chi connectivity index (χ4v) is 5.28. The summed E-state index contributed by atoms with van der Waals surface area (Å²) in [7, 11) is -2.84. The molecule has 0 saturated carbocycles. The second-order valence-corrected chi connectivity index (χ2v) is 13.2. The maximum absolute atomic E-state index is 13.9. The molecule has 0 saturated heterocycles. The van der Waals surface area contributed by atoms with Crippen molar-refractivity contribution in [3.05, 3.63) is 48.0 Å². The van der Waals surface area contributed by atoms with Crippen molar-refractivity contribution in [2.24, 2.45) is 0 Å². The van der Waals surface area contributed by atoms with E-state index in [1.807, 2.05) is 18.2 Å². The zero-order valence-corrected chi connectivity index (χ0v) is 26.6. The number of benzene rings is 2. The summed E-state index contributed by atoms with van der Waals surface area (Å²) in [5.74, 6) is -0.0570. The van der Waals surface area contributed by atoms with E-state index in [-0.39, 0.29) is 22.8 Å². The first-order chi connectivity index (χ1) is 19.5. The minimum absolute atomic E-state index is 0.0992. The van der Waals surface area contributed by atoms with Crippen LogP contribution in [0.2, 0.25) is 0 Å². The third kappa shape index (κ3) is 12.0. The number of anilines is 1. The van der Waals surface area contributed by atoms with E-state index in [2.05, 4.69) is 19.2 Å². The number of para-hydroxylation sites is 1. The molecule has 0 atom stereocenters. The second-order valence-electron chi connectivity index (χ2n) is 11.3. The van der Waals surface area contributed by atoms with Gasteiger partial charge in [-0.05, 0) is 57.9 Å². The summed E-state index contributed by atoms with van der Waals surface area (Å²) < 4.78 is 40.4. The minimum Gasteiger partial charge on any atom is -0.456 e. The number of carbonyl (C=O) groups is 1. The van der Waals surface area contributed by atoms with Crippen molar-refractivity contribution >= 4 is 21.7 Å². The maximum atomic E-state index is 13.9. The number of hydroxylamine groups is 1. The number of sulfonamides is 1. The SMILES string of the molecule is CCCCCCCCCCON(C)S(=O)(=O)c1cc(C(=O)OC(C)(C)C)cc(NCCCC)c1Oc1ccccc1. The molecule has 1 N–H and O–H groups in total. The van der Waals surface area contributed by atoms with E-state index < -0.39 is 21.6 Å². The third-order valence-corrected chi connectivity index (χ3v) is 8.03. The highest BCUT2D eigenvalue weighted by molar-refractivity contribution is 7.89. The molecule has 0 aliphatic heterocycles. The van der Waals surface area contributed by atoms with Crippen molar-refractivity contribution in [3.8, 4) is 11.5 Å². The molecule has 0 aliphatic rings. The highest BCUT2D eigenvalue weighted by Crippen LogP contribution is 2.39. The number of rotatable bonds is 19. The monoisotopic (exact) mass is 590 g/mol.